The molecule has 4 nitrogen and oxygen atoms in total. The summed E-state index contributed by atoms with van der Waals surface area (Å²) >= 11 is 0. The highest BCUT2D eigenvalue weighted by Gasteiger charge is 2.51. The Hall–Kier alpha value is -0.160. The molecular weight excluding hydrogens is 248 g/mol. The van der Waals surface area contributed by atoms with E-state index < -0.39 is 0 Å². The van der Waals surface area contributed by atoms with Gasteiger partial charge < -0.3 is 10.6 Å². The maximum atomic E-state index is 6.25. The first-order valence-electron chi connectivity index (χ1n) is 8.23. The van der Waals surface area contributed by atoms with Crippen LogP contribution < -0.4 is 5.73 Å². The van der Waals surface area contributed by atoms with Gasteiger partial charge in [0.2, 0.25) is 0 Å². The molecule has 0 bridgehead atoms. The van der Waals surface area contributed by atoms with E-state index in [0.29, 0.717) is 5.41 Å². The summed E-state index contributed by atoms with van der Waals surface area (Å²) in [5.41, 5.74) is 6.87. The fourth-order valence-electron chi connectivity index (χ4n) is 4.23. The molecule has 2 fully saturated rings. The largest absolute Gasteiger partial charge is 0.329 e. The van der Waals surface area contributed by atoms with E-state index in [9.17, 15) is 0 Å². The molecule has 2 N–H and O–H groups in total. The van der Waals surface area contributed by atoms with Gasteiger partial charge in [-0.25, -0.2) is 0 Å². The molecule has 2 aliphatic rings. The molecule has 1 aliphatic heterocycles. The second-order valence-electron chi connectivity index (χ2n) is 7.61. The molecule has 20 heavy (non-hydrogen) atoms. The molecule has 0 spiro atoms. The molecule has 1 unspecified atom stereocenters. The summed E-state index contributed by atoms with van der Waals surface area (Å²) in [6, 6.07) is 0. The van der Waals surface area contributed by atoms with Crippen LogP contribution in [0.3, 0.4) is 0 Å². The van der Waals surface area contributed by atoms with Crippen molar-refractivity contribution in [2.24, 2.45) is 11.1 Å². The Morgan fingerprint density at radius 2 is 1.70 bits per heavy atom. The summed E-state index contributed by atoms with van der Waals surface area (Å²) in [5, 5.41) is 0. The smallest absolute Gasteiger partial charge is 0.0383 e. The summed E-state index contributed by atoms with van der Waals surface area (Å²) in [7, 11) is 4.31. The van der Waals surface area contributed by atoms with Crippen LogP contribution in [-0.2, 0) is 0 Å². The highest BCUT2D eigenvalue weighted by molar-refractivity contribution is 5.07. The summed E-state index contributed by atoms with van der Waals surface area (Å²) in [6.45, 7) is 12.8. The third-order valence-electron chi connectivity index (χ3n) is 5.83. The minimum Gasteiger partial charge on any atom is -0.329 e. The normalized spacial score (nSPS) is 32.1. The van der Waals surface area contributed by atoms with Crippen molar-refractivity contribution in [1.29, 1.82) is 0 Å². The van der Waals surface area contributed by atoms with E-state index in [1.54, 1.807) is 0 Å². The van der Waals surface area contributed by atoms with Crippen LogP contribution in [0.5, 0.6) is 0 Å². The third kappa shape index (κ3) is 3.03. The van der Waals surface area contributed by atoms with E-state index in [4.69, 9.17) is 5.73 Å². The lowest BCUT2D eigenvalue weighted by Crippen LogP contribution is -2.64. The van der Waals surface area contributed by atoms with Crippen LogP contribution in [0.4, 0.5) is 0 Å². The SMILES string of the molecule is CN(C)CCN1CCN(C2(CN)CCCC2(C)C)CC1. The van der Waals surface area contributed by atoms with Crippen LogP contribution in [-0.4, -0.2) is 80.1 Å². The molecule has 1 saturated heterocycles. The van der Waals surface area contributed by atoms with Crippen LogP contribution >= 0.6 is 0 Å². The molecule has 1 aliphatic carbocycles. The van der Waals surface area contributed by atoms with Gasteiger partial charge in [0.25, 0.3) is 0 Å². The van der Waals surface area contributed by atoms with Gasteiger partial charge in [0.15, 0.2) is 0 Å². The van der Waals surface area contributed by atoms with Crippen LogP contribution in [0.1, 0.15) is 33.1 Å². The van der Waals surface area contributed by atoms with Crippen LogP contribution in [0, 0.1) is 5.41 Å². The number of likely N-dealkylation sites (N-methyl/N-ethyl adjacent to an activating group) is 1. The van der Waals surface area contributed by atoms with Crippen LogP contribution in [0.15, 0.2) is 0 Å². The van der Waals surface area contributed by atoms with Gasteiger partial charge in [0.05, 0.1) is 0 Å². The van der Waals surface area contributed by atoms with E-state index >= 15 is 0 Å². The highest BCUT2D eigenvalue weighted by Crippen LogP contribution is 2.49. The van der Waals surface area contributed by atoms with Gasteiger partial charge in [0, 0.05) is 51.4 Å². The molecule has 0 aromatic rings. The summed E-state index contributed by atoms with van der Waals surface area (Å²) in [4.78, 5) is 7.59. The number of hydrogen-bond donors (Lipinski definition) is 1. The molecule has 1 atom stereocenters. The first kappa shape index (κ1) is 16.2. The predicted molar refractivity (Wildman–Crippen MR) is 86.0 cm³/mol. The van der Waals surface area contributed by atoms with E-state index in [1.165, 1.54) is 52.0 Å². The van der Waals surface area contributed by atoms with E-state index in [0.717, 1.165) is 13.1 Å². The van der Waals surface area contributed by atoms with Crippen molar-refractivity contribution in [3.63, 3.8) is 0 Å². The van der Waals surface area contributed by atoms with Crippen molar-refractivity contribution in [2.75, 3.05) is 59.9 Å². The van der Waals surface area contributed by atoms with Crippen molar-refractivity contribution in [1.82, 2.24) is 14.7 Å². The molecule has 1 heterocycles. The van der Waals surface area contributed by atoms with E-state index in [2.05, 4.69) is 42.6 Å². The molecule has 0 aromatic heterocycles. The lowest BCUT2D eigenvalue weighted by atomic mass is 9.73. The van der Waals surface area contributed by atoms with Crippen molar-refractivity contribution in [2.45, 2.75) is 38.6 Å². The highest BCUT2D eigenvalue weighted by atomic mass is 15.3. The molecular formula is C16H34N4. The number of piperazine rings is 1. The third-order valence-corrected chi connectivity index (χ3v) is 5.83. The number of hydrogen-bond acceptors (Lipinski definition) is 4. The minimum atomic E-state index is 0.251. The number of nitrogens with zero attached hydrogens (tertiary/aromatic N) is 3. The van der Waals surface area contributed by atoms with Crippen molar-refractivity contribution in [3.8, 4) is 0 Å². The van der Waals surface area contributed by atoms with E-state index in [1.807, 2.05) is 0 Å². The standard InChI is InChI=1S/C16H34N4/c1-15(2)6-5-7-16(15,14-17)20-12-10-19(11-13-20)9-8-18(3)4/h5-14,17H2,1-4H3. The number of nitrogens with two attached hydrogens (primary N) is 1. The zero-order chi connectivity index (χ0) is 14.8. The molecule has 1 saturated carbocycles. The fourth-order valence-corrected chi connectivity index (χ4v) is 4.23. The second kappa shape index (κ2) is 6.30. The van der Waals surface area contributed by atoms with Crippen molar-refractivity contribution < 1.29 is 0 Å². The van der Waals surface area contributed by atoms with Gasteiger partial charge in [0.1, 0.15) is 0 Å². The van der Waals surface area contributed by atoms with Gasteiger partial charge in [-0.15, -0.1) is 0 Å². The minimum absolute atomic E-state index is 0.251. The molecule has 4 heteroatoms. The van der Waals surface area contributed by atoms with Gasteiger partial charge in [-0.1, -0.05) is 20.3 Å². The zero-order valence-electron chi connectivity index (χ0n) is 14.0. The molecule has 2 rings (SSSR count). The topological polar surface area (TPSA) is 35.7 Å². The number of rotatable bonds is 5. The zero-order valence-corrected chi connectivity index (χ0v) is 14.0. The Bertz CT molecular complexity index is 308. The predicted octanol–water partition coefficient (Wildman–Crippen LogP) is 1.07. The molecule has 0 radical (unpaired) electrons. The molecule has 0 amide bonds. The van der Waals surface area contributed by atoms with Crippen molar-refractivity contribution in [3.05, 3.63) is 0 Å². The van der Waals surface area contributed by atoms with Gasteiger partial charge in [-0.05, 0) is 32.4 Å². The van der Waals surface area contributed by atoms with Gasteiger partial charge >= 0.3 is 0 Å². The first-order valence-corrected chi connectivity index (χ1v) is 8.23. The van der Waals surface area contributed by atoms with Crippen LogP contribution in [0.25, 0.3) is 0 Å². The average molecular weight is 282 g/mol. The van der Waals surface area contributed by atoms with Crippen molar-refractivity contribution >= 4 is 0 Å². The van der Waals surface area contributed by atoms with E-state index in [-0.39, 0.29) is 5.54 Å². The average Bonchev–Trinajstić information content (AvgIpc) is 2.72. The van der Waals surface area contributed by atoms with Gasteiger partial charge in [-0.2, -0.15) is 0 Å². The summed E-state index contributed by atoms with van der Waals surface area (Å²) in [5.74, 6) is 0. The summed E-state index contributed by atoms with van der Waals surface area (Å²) < 4.78 is 0. The Kier molecular flexibility index (Phi) is 5.11. The Morgan fingerprint density at radius 3 is 2.15 bits per heavy atom. The Balaban J connectivity index is 1.92. The van der Waals surface area contributed by atoms with Gasteiger partial charge in [-0.3, -0.25) is 9.80 Å². The second-order valence-corrected chi connectivity index (χ2v) is 7.61. The van der Waals surface area contributed by atoms with Crippen LogP contribution in [0.2, 0.25) is 0 Å². The maximum absolute atomic E-state index is 6.25. The lowest BCUT2D eigenvalue weighted by molar-refractivity contribution is -0.0205. The fraction of sp³-hybridized carbons (Fsp3) is 1.00. The molecule has 118 valence electrons. The maximum Gasteiger partial charge on any atom is 0.0383 e. The Labute approximate surface area is 125 Å². The first-order chi connectivity index (χ1) is 9.41. The Morgan fingerprint density at radius 1 is 1.05 bits per heavy atom. The quantitative estimate of drug-likeness (QED) is 0.818. The molecule has 0 aromatic carbocycles. The monoisotopic (exact) mass is 282 g/mol. The summed E-state index contributed by atoms with van der Waals surface area (Å²) in [6.07, 6.45) is 3.95. The lowest BCUT2D eigenvalue weighted by Gasteiger charge is -2.52.